The van der Waals surface area contributed by atoms with Gasteiger partial charge in [0.05, 0.1) is 26.2 Å². The van der Waals surface area contributed by atoms with Gasteiger partial charge >= 0.3 is 23.9 Å². The van der Waals surface area contributed by atoms with Gasteiger partial charge in [0.2, 0.25) is 0 Å². The van der Waals surface area contributed by atoms with Crippen molar-refractivity contribution in [3.8, 4) is 0 Å². The molecule has 0 spiro atoms. The molecule has 0 saturated heterocycles. The Kier molecular flexibility index (Phi) is 18.4. The zero-order chi connectivity index (χ0) is 15.7. The standard InChI is InChI=1S/C10H16N2O8.2Ca/c13-7(14)3-11(4-8(15)16)1-2-12(5-9(17)18)6-10(19)20;;/h1-6H2,(H,13,14)(H,15,16)(H,17,18)(H,19,20);;. The molecule has 0 atom stereocenters. The summed E-state index contributed by atoms with van der Waals surface area (Å²) in [6, 6.07) is 0. The summed E-state index contributed by atoms with van der Waals surface area (Å²) in [7, 11) is 0. The van der Waals surface area contributed by atoms with Crippen molar-refractivity contribution in [3.05, 3.63) is 0 Å². The normalized spacial score (nSPS) is 9.73. The van der Waals surface area contributed by atoms with Crippen LogP contribution < -0.4 is 0 Å². The number of carbonyl (C=O) groups is 4. The Hall–Kier alpha value is 0.319. The minimum atomic E-state index is -1.23. The van der Waals surface area contributed by atoms with E-state index in [1.165, 1.54) is 0 Å². The second kappa shape index (κ2) is 14.9. The molecule has 0 amide bonds. The molecule has 0 aromatic carbocycles. The van der Waals surface area contributed by atoms with E-state index in [0.29, 0.717) is 0 Å². The molecule has 118 valence electrons. The molecule has 0 heterocycles. The Morgan fingerprint density at radius 2 is 0.727 bits per heavy atom. The molecule has 0 aromatic heterocycles. The maximum Gasteiger partial charge on any atom is 0.317 e. The van der Waals surface area contributed by atoms with Crippen LogP contribution in [0.4, 0.5) is 0 Å². The second-order valence-electron chi connectivity index (χ2n) is 4.00. The van der Waals surface area contributed by atoms with Crippen molar-refractivity contribution >= 4 is 99.4 Å². The number of carboxylic acid groups (broad SMARTS) is 4. The van der Waals surface area contributed by atoms with E-state index in [1.54, 1.807) is 0 Å². The summed E-state index contributed by atoms with van der Waals surface area (Å²) in [5.41, 5.74) is 0. The van der Waals surface area contributed by atoms with Crippen LogP contribution >= 0.6 is 0 Å². The van der Waals surface area contributed by atoms with Crippen LogP contribution in [0.15, 0.2) is 0 Å². The number of hydrogen-bond donors (Lipinski definition) is 4. The fourth-order valence-corrected chi connectivity index (χ4v) is 1.48. The largest absolute Gasteiger partial charge is 0.480 e. The first-order valence-corrected chi connectivity index (χ1v) is 5.52. The quantitative estimate of drug-likeness (QED) is 0.279. The number of carboxylic acids is 4. The fraction of sp³-hybridized carbons (Fsp3) is 0.600. The van der Waals surface area contributed by atoms with Crippen LogP contribution in [0.5, 0.6) is 0 Å². The van der Waals surface area contributed by atoms with E-state index < -0.39 is 50.1 Å². The van der Waals surface area contributed by atoms with E-state index in [-0.39, 0.29) is 88.6 Å². The first-order valence-electron chi connectivity index (χ1n) is 5.52. The molecular weight excluding hydrogens is 356 g/mol. The molecule has 0 bridgehead atoms. The number of hydrogen-bond acceptors (Lipinski definition) is 6. The van der Waals surface area contributed by atoms with Gasteiger partial charge in [0.25, 0.3) is 0 Å². The Labute approximate surface area is 186 Å². The van der Waals surface area contributed by atoms with Gasteiger partial charge in [0.15, 0.2) is 0 Å². The SMILES string of the molecule is O=C(O)CN(CCN(CC(=O)O)CC(=O)O)CC(=O)O.[Ca].[Ca]. The Morgan fingerprint density at radius 1 is 0.545 bits per heavy atom. The molecule has 0 fully saturated rings. The Balaban J connectivity index is -0.00000180. The molecule has 0 saturated carbocycles. The molecule has 12 heteroatoms. The molecule has 0 rings (SSSR count). The average Bonchev–Trinajstić information content (AvgIpc) is 2.22. The molecule has 10 nitrogen and oxygen atoms in total. The van der Waals surface area contributed by atoms with Crippen LogP contribution in [0.25, 0.3) is 0 Å². The van der Waals surface area contributed by atoms with Crippen molar-refractivity contribution in [1.82, 2.24) is 9.80 Å². The second-order valence-corrected chi connectivity index (χ2v) is 4.00. The minimum absolute atomic E-state index is 0. The first kappa shape index (κ1) is 27.2. The smallest absolute Gasteiger partial charge is 0.317 e. The van der Waals surface area contributed by atoms with Crippen LogP contribution in [0.1, 0.15) is 0 Å². The maximum absolute atomic E-state index is 10.6. The van der Waals surface area contributed by atoms with E-state index in [0.717, 1.165) is 9.80 Å². The summed E-state index contributed by atoms with van der Waals surface area (Å²) in [4.78, 5) is 44.4. The summed E-state index contributed by atoms with van der Waals surface area (Å²) >= 11 is 0. The van der Waals surface area contributed by atoms with Crippen molar-refractivity contribution in [2.45, 2.75) is 0 Å². The summed E-state index contributed by atoms with van der Waals surface area (Å²) < 4.78 is 0. The molecule has 0 aliphatic heterocycles. The molecule has 0 aliphatic rings. The van der Waals surface area contributed by atoms with E-state index in [1.807, 2.05) is 0 Å². The molecular formula is C10H16Ca2N2O8. The van der Waals surface area contributed by atoms with Crippen molar-refractivity contribution in [2.24, 2.45) is 0 Å². The summed E-state index contributed by atoms with van der Waals surface area (Å²) in [5, 5.41) is 34.5. The molecule has 0 aromatic rings. The van der Waals surface area contributed by atoms with Gasteiger partial charge < -0.3 is 20.4 Å². The molecule has 0 unspecified atom stereocenters. The predicted octanol–water partition coefficient (Wildman–Crippen LogP) is -2.83. The van der Waals surface area contributed by atoms with Gasteiger partial charge in [0, 0.05) is 88.6 Å². The predicted molar refractivity (Wildman–Crippen MR) is 74.9 cm³/mol. The van der Waals surface area contributed by atoms with Crippen LogP contribution in [0.3, 0.4) is 0 Å². The number of nitrogens with zero attached hydrogens (tertiary/aromatic N) is 2. The van der Waals surface area contributed by atoms with Crippen LogP contribution in [0.2, 0.25) is 0 Å². The Bertz CT molecular complexity index is 325. The van der Waals surface area contributed by atoms with Crippen molar-refractivity contribution in [3.63, 3.8) is 0 Å². The van der Waals surface area contributed by atoms with Gasteiger partial charge in [-0.2, -0.15) is 0 Å². The monoisotopic (exact) mass is 372 g/mol. The summed E-state index contributed by atoms with van der Waals surface area (Å²) in [6.07, 6.45) is 0. The maximum atomic E-state index is 10.6. The third kappa shape index (κ3) is 16.7. The first-order chi connectivity index (χ1) is 9.20. The topological polar surface area (TPSA) is 156 Å². The van der Waals surface area contributed by atoms with Gasteiger partial charge in [-0.3, -0.25) is 29.0 Å². The minimum Gasteiger partial charge on any atom is -0.480 e. The van der Waals surface area contributed by atoms with Crippen LogP contribution in [0, 0.1) is 0 Å². The van der Waals surface area contributed by atoms with Gasteiger partial charge in [-0.1, -0.05) is 0 Å². The van der Waals surface area contributed by atoms with Crippen molar-refractivity contribution in [2.75, 3.05) is 39.3 Å². The molecule has 0 aliphatic carbocycles. The molecule has 4 radical (unpaired) electrons. The number of rotatable bonds is 11. The zero-order valence-electron chi connectivity index (χ0n) is 12.0. The number of aliphatic carboxylic acids is 4. The fourth-order valence-electron chi connectivity index (χ4n) is 1.48. The van der Waals surface area contributed by atoms with Crippen LogP contribution in [-0.4, -0.2) is 169 Å². The average molecular weight is 372 g/mol. The summed E-state index contributed by atoms with van der Waals surface area (Å²) in [5.74, 6) is -4.91. The van der Waals surface area contributed by atoms with Gasteiger partial charge in [-0.05, 0) is 0 Å². The van der Waals surface area contributed by atoms with Crippen molar-refractivity contribution < 1.29 is 39.6 Å². The van der Waals surface area contributed by atoms with Gasteiger partial charge in [-0.15, -0.1) is 0 Å². The van der Waals surface area contributed by atoms with Crippen molar-refractivity contribution in [1.29, 1.82) is 0 Å². The third-order valence-corrected chi connectivity index (χ3v) is 2.17. The molecule has 4 N–H and O–H groups in total. The van der Waals surface area contributed by atoms with Gasteiger partial charge in [0.1, 0.15) is 0 Å². The van der Waals surface area contributed by atoms with E-state index in [9.17, 15) is 19.2 Å². The van der Waals surface area contributed by atoms with Gasteiger partial charge in [-0.25, -0.2) is 0 Å². The molecule has 22 heavy (non-hydrogen) atoms. The Morgan fingerprint density at radius 3 is 0.864 bits per heavy atom. The third-order valence-electron chi connectivity index (χ3n) is 2.17. The summed E-state index contributed by atoms with van der Waals surface area (Å²) in [6.45, 7) is -2.25. The zero-order valence-corrected chi connectivity index (χ0v) is 16.4. The van der Waals surface area contributed by atoms with E-state index in [2.05, 4.69) is 0 Å². The van der Waals surface area contributed by atoms with Crippen LogP contribution in [-0.2, 0) is 19.2 Å². The van der Waals surface area contributed by atoms with E-state index in [4.69, 9.17) is 20.4 Å². The van der Waals surface area contributed by atoms with E-state index >= 15 is 0 Å².